The van der Waals surface area contributed by atoms with Gasteiger partial charge in [0.25, 0.3) is 0 Å². The van der Waals surface area contributed by atoms with Gasteiger partial charge in [-0.3, -0.25) is 0 Å². The van der Waals surface area contributed by atoms with Crippen LogP contribution in [0.4, 0.5) is 0 Å². The van der Waals surface area contributed by atoms with E-state index in [0.717, 1.165) is 31.3 Å². The molecule has 0 aromatic rings. The Hall–Kier alpha value is -1.22. The predicted octanol–water partition coefficient (Wildman–Crippen LogP) is -3.38. The van der Waals surface area contributed by atoms with Crippen LogP contribution in [0.2, 0.25) is 0 Å². The van der Waals surface area contributed by atoms with Crippen molar-refractivity contribution in [2.75, 3.05) is 33.5 Å². The molecule has 0 aromatic heterocycles. The fourth-order valence-electron chi connectivity index (χ4n) is 15.4. The van der Waals surface area contributed by atoms with E-state index in [1.807, 2.05) is 6.92 Å². The summed E-state index contributed by atoms with van der Waals surface area (Å²) >= 11 is 0. The summed E-state index contributed by atoms with van der Waals surface area (Å²) in [5.74, 6) is -0.263. The highest BCUT2D eigenvalue weighted by molar-refractivity contribution is 5.29. The second kappa shape index (κ2) is 23.2. The molecule has 5 aliphatic heterocycles. The standard InChI is InChI=1S/C52H86O24/c1-20(19-68-46-41(64)38(61)35(58)29(16-53)70-46)9-12-52(67-6)21(2)33-28(76-52)15-27-25-8-7-23-13-24(56)14-32(51(23,5)26(25)10-11-50(27,33)4)73-49-45(40(63)37(60)31(18-55)72-49)75-48-43(66)44(34(57)22(3)69-48)74-47-42(65)39(62)36(59)30(17-54)71-47/h7,20-22,24-49,53-66H,8-19H2,1-6H3/t20-,21+,22+,24-,25-,26+,27+,28+,29-,30-,31-,32-,33+,34+,35-,36-,37+,38+,39+,40+,41-,42-,43-,44-,45-,46-,47+,48+,49+,50+,51+,52?/m1/s1. The minimum absolute atomic E-state index is 0.00733. The molecular weight excluding hydrogens is 1010 g/mol. The zero-order chi connectivity index (χ0) is 55.1. The monoisotopic (exact) mass is 1090 g/mol. The Morgan fingerprint density at radius 3 is 1.86 bits per heavy atom. The first-order valence-electron chi connectivity index (χ1n) is 27.4. The van der Waals surface area contributed by atoms with Crippen molar-refractivity contribution < 1.29 is 119 Å². The van der Waals surface area contributed by atoms with Crippen molar-refractivity contribution >= 4 is 0 Å². The zero-order valence-electron chi connectivity index (χ0n) is 44.1. The third kappa shape index (κ3) is 10.3. The van der Waals surface area contributed by atoms with Gasteiger partial charge in [0.1, 0.15) is 91.6 Å². The Morgan fingerprint density at radius 1 is 0.645 bits per heavy atom. The Balaban J connectivity index is 0.892. The summed E-state index contributed by atoms with van der Waals surface area (Å²) in [6, 6.07) is 0. The second-order valence-corrected chi connectivity index (χ2v) is 24.1. The lowest BCUT2D eigenvalue weighted by atomic mass is 9.46. The van der Waals surface area contributed by atoms with Gasteiger partial charge in [0.2, 0.25) is 0 Å². The van der Waals surface area contributed by atoms with Gasteiger partial charge in [-0.25, -0.2) is 0 Å². The van der Waals surface area contributed by atoms with E-state index in [1.54, 1.807) is 7.11 Å². The van der Waals surface area contributed by atoms with Crippen molar-refractivity contribution in [3.05, 3.63) is 11.6 Å². The molecule has 5 saturated heterocycles. The summed E-state index contributed by atoms with van der Waals surface area (Å²) in [6.45, 7) is 8.32. The summed E-state index contributed by atoms with van der Waals surface area (Å²) < 4.78 is 61.4. The Morgan fingerprint density at radius 2 is 1.22 bits per heavy atom. The molecule has 8 fully saturated rings. The fourth-order valence-corrected chi connectivity index (χ4v) is 15.4. The molecule has 24 nitrogen and oxygen atoms in total. The number of rotatable bonds is 16. The first-order chi connectivity index (χ1) is 36.0. The molecule has 5 heterocycles. The molecule has 1 unspecified atom stereocenters. The van der Waals surface area contributed by atoms with Gasteiger partial charge in [-0.2, -0.15) is 0 Å². The normalized spacial score (nSPS) is 54.8. The molecule has 76 heavy (non-hydrogen) atoms. The summed E-state index contributed by atoms with van der Waals surface area (Å²) in [7, 11) is 1.68. The van der Waals surface area contributed by atoms with E-state index in [-0.39, 0.29) is 60.1 Å². The molecule has 9 rings (SSSR count). The van der Waals surface area contributed by atoms with Crippen molar-refractivity contribution in [1.82, 2.24) is 0 Å². The highest BCUT2D eigenvalue weighted by atomic mass is 16.8. The number of hydrogen-bond donors (Lipinski definition) is 14. The Labute approximate surface area is 442 Å². The van der Waals surface area contributed by atoms with Gasteiger partial charge < -0.3 is 119 Å². The first-order valence-corrected chi connectivity index (χ1v) is 27.4. The SMILES string of the molecule is COC1(CC[C@@H](C)CO[C@@H]2O[C@H](CO)[C@@H](O)[C@H](O)[C@H]2O)O[C@H]2C[C@H]3[C@@H]4CC=C5C[C@@H](O)C[C@@H](O[C@@H]6O[C@H](CO)[C@H](O)[C@H](O)[C@H]6O[C@@H]6O[C@@H](C)[C@H](O)[C@@H](O[C@@H]7O[C@H](CO)[C@@H](O)[C@H](O)[C@H]7O)[C@H]6O)[C@]5(C)[C@H]4CC[C@]3(C)[C@H]2[C@@H]1C. The number of fused-ring (bicyclic) bond motifs is 7. The fraction of sp³-hybridized carbons (Fsp3) is 0.962. The minimum atomic E-state index is -1.89. The van der Waals surface area contributed by atoms with E-state index in [1.165, 1.54) is 6.92 Å². The lowest BCUT2D eigenvalue weighted by Crippen LogP contribution is -2.66. The van der Waals surface area contributed by atoms with Crippen molar-refractivity contribution in [1.29, 1.82) is 0 Å². The number of allylic oxidation sites excluding steroid dienone is 1. The van der Waals surface area contributed by atoms with Crippen molar-refractivity contribution in [3.8, 4) is 0 Å². The second-order valence-electron chi connectivity index (χ2n) is 24.1. The topological polar surface area (TPSA) is 376 Å². The van der Waals surface area contributed by atoms with Gasteiger partial charge in [-0.05, 0) is 80.5 Å². The Bertz CT molecular complexity index is 1970. The van der Waals surface area contributed by atoms with Crippen LogP contribution in [0.3, 0.4) is 0 Å². The van der Waals surface area contributed by atoms with Crippen molar-refractivity contribution in [2.24, 2.45) is 46.3 Å². The molecule has 0 radical (unpaired) electrons. The van der Waals surface area contributed by atoms with Crippen LogP contribution in [-0.2, 0) is 47.4 Å². The van der Waals surface area contributed by atoms with Crippen LogP contribution in [0.25, 0.3) is 0 Å². The molecule has 4 aliphatic carbocycles. The zero-order valence-corrected chi connectivity index (χ0v) is 44.1. The quantitative estimate of drug-likeness (QED) is 0.0671. The highest BCUT2D eigenvalue weighted by Crippen LogP contribution is 2.70. The average Bonchev–Trinajstić information content (AvgIpc) is 3.93. The molecule has 0 aromatic carbocycles. The molecule has 438 valence electrons. The van der Waals surface area contributed by atoms with E-state index < -0.39 is 166 Å². The van der Waals surface area contributed by atoms with Crippen LogP contribution in [0.15, 0.2) is 11.6 Å². The summed E-state index contributed by atoms with van der Waals surface area (Å²) in [4.78, 5) is 0. The van der Waals surface area contributed by atoms with Crippen LogP contribution in [0, 0.1) is 46.3 Å². The molecule has 0 spiro atoms. The third-order valence-corrected chi connectivity index (χ3v) is 19.9. The molecule has 0 amide bonds. The number of methoxy groups -OCH3 is 1. The lowest BCUT2D eigenvalue weighted by Gasteiger charge is -2.60. The molecule has 14 N–H and O–H groups in total. The first kappa shape index (κ1) is 59.4. The van der Waals surface area contributed by atoms with E-state index >= 15 is 0 Å². The van der Waals surface area contributed by atoms with Crippen LogP contribution in [0.5, 0.6) is 0 Å². The van der Waals surface area contributed by atoms with Gasteiger partial charge in [0.15, 0.2) is 30.9 Å². The predicted molar refractivity (Wildman–Crippen MR) is 256 cm³/mol. The van der Waals surface area contributed by atoms with Crippen LogP contribution >= 0.6 is 0 Å². The van der Waals surface area contributed by atoms with Crippen molar-refractivity contribution in [3.63, 3.8) is 0 Å². The van der Waals surface area contributed by atoms with Gasteiger partial charge in [-0.1, -0.05) is 39.3 Å². The largest absolute Gasteiger partial charge is 0.394 e. The van der Waals surface area contributed by atoms with Gasteiger partial charge in [-0.15, -0.1) is 0 Å². The van der Waals surface area contributed by atoms with E-state index in [2.05, 4.69) is 26.8 Å². The number of aliphatic hydroxyl groups excluding tert-OH is 14. The maximum Gasteiger partial charge on any atom is 0.187 e. The molecule has 9 aliphatic rings. The molecule has 3 saturated carbocycles. The minimum Gasteiger partial charge on any atom is -0.394 e. The van der Waals surface area contributed by atoms with Gasteiger partial charge >= 0.3 is 0 Å². The number of hydrogen-bond acceptors (Lipinski definition) is 24. The highest BCUT2D eigenvalue weighted by Gasteiger charge is 2.69. The molecule has 0 bridgehead atoms. The molecule has 24 heteroatoms. The van der Waals surface area contributed by atoms with Gasteiger partial charge in [0, 0.05) is 31.3 Å². The van der Waals surface area contributed by atoms with Crippen LogP contribution in [-0.4, -0.2) is 252 Å². The van der Waals surface area contributed by atoms with Crippen LogP contribution in [0.1, 0.15) is 86.0 Å². The number of ether oxygens (including phenoxy) is 10. The van der Waals surface area contributed by atoms with E-state index in [9.17, 15) is 71.5 Å². The Kier molecular flexibility index (Phi) is 18.1. The summed E-state index contributed by atoms with van der Waals surface area (Å²) in [6.07, 6.45) is -25.6. The molecule has 32 atom stereocenters. The van der Waals surface area contributed by atoms with Crippen molar-refractivity contribution in [2.45, 2.75) is 233 Å². The van der Waals surface area contributed by atoms with Gasteiger partial charge in [0.05, 0.1) is 50.8 Å². The smallest absolute Gasteiger partial charge is 0.187 e. The van der Waals surface area contributed by atoms with Crippen LogP contribution < -0.4 is 0 Å². The maximum atomic E-state index is 11.7. The lowest BCUT2D eigenvalue weighted by molar-refractivity contribution is -0.388. The third-order valence-electron chi connectivity index (χ3n) is 19.9. The van der Waals surface area contributed by atoms with E-state index in [4.69, 9.17) is 47.4 Å². The molecular formula is C52H86O24. The summed E-state index contributed by atoms with van der Waals surface area (Å²) in [5.41, 5.74) is 0.220. The summed E-state index contributed by atoms with van der Waals surface area (Å²) in [5, 5.41) is 149. The number of aliphatic hydroxyl groups is 14. The van der Waals surface area contributed by atoms with E-state index in [0.29, 0.717) is 19.3 Å². The maximum absolute atomic E-state index is 11.7. The average molecular weight is 1100 g/mol.